The molecule has 2 heteroatoms. The smallest absolute Gasteiger partial charge is 0.0147 e. The first-order valence-electron chi connectivity index (χ1n) is 14.6. The summed E-state index contributed by atoms with van der Waals surface area (Å²) in [6.45, 7) is 40.9. The normalized spacial score (nSPS) is 19.3. The molecule has 0 radical (unpaired) electrons. The molecule has 0 N–H and O–H groups in total. The Hall–Kier alpha value is -0.790. The maximum absolute atomic E-state index is 4.93. The molecule has 2 unspecified atom stereocenters. The van der Waals surface area contributed by atoms with Crippen LogP contribution in [-0.4, -0.2) is 4.51 Å². The quantitative estimate of drug-likeness (QED) is 0.211. The largest absolute Gasteiger partial charge is 0.0965 e. The summed E-state index contributed by atoms with van der Waals surface area (Å²) in [7, 11) is 0. The van der Waals surface area contributed by atoms with Crippen LogP contribution in [0.5, 0.6) is 0 Å². The minimum Gasteiger partial charge on any atom is -0.0965 e. The molecule has 1 aliphatic rings. The standard InChI is InChI=1S/C37H56IP/c1-23-31-27(19-25(34(5,6)7)21-30(31)36(11,12)13)32(37(14,15)16)26-18-24(33(2,3)4)20-29(35(8,9)10)28(26)22-39(23)38-17/h18-21,32H,1,17,22H2,2-16H3. The Labute approximate surface area is 252 Å². The van der Waals surface area contributed by atoms with Crippen LogP contribution in [0.4, 0.5) is 0 Å². The first kappa shape index (κ1) is 32.7. The van der Waals surface area contributed by atoms with Gasteiger partial charge < -0.3 is 0 Å². The van der Waals surface area contributed by atoms with Gasteiger partial charge in [-0.2, -0.15) is 0 Å². The van der Waals surface area contributed by atoms with E-state index in [1.54, 1.807) is 11.1 Å². The summed E-state index contributed by atoms with van der Waals surface area (Å²) in [6, 6.07) is 10.3. The second-order valence-corrected chi connectivity index (χ2v) is 24.3. The molecule has 0 aromatic heterocycles. The molecule has 0 bridgehead atoms. The van der Waals surface area contributed by atoms with Gasteiger partial charge >= 0.3 is 0 Å². The fraction of sp³-hybridized carbons (Fsp3) is 0.595. The maximum atomic E-state index is 4.93. The lowest BCUT2D eigenvalue weighted by Gasteiger charge is -2.42. The third kappa shape index (κ3) is 6.66. The highest BCUT2D eigenvalue weighted by molar-refractivity contribution is 14.2. The van der Waals surface area contributed by atoms with Gasteiger partial charge in [0.2, 0.25) is 0 Å². The van der Waals surface area contributed by atoms with E-state index >= 15 is 0 Å². The third-order valence-electron chi connectivity index (χ3n) is 8.31. The van der Waals surface area contributed by atoms with Crippen molar-refractivity contribution < 1.29 is 0 Å². The van der Waals surface area contributed by atoms with Gasteiger partial charge in [0.1, 0.15) is 0 Å². The molecular weight excluding hydrogens is 602 g/mol. The predicted octanol–water partition coefficient (Wildman–Crippen LogP) is 12.3. The van der Waals surface area contributed by atoms with E-state index in [0.717, 1.165) is 6.16 Å². The van der Waals surface area contributed by atoms with Crippen molar-refractivity contribution in [2.45, 2.75) is 138 Å². The van der Waals surface area contributed by atoms with E-state index in [9.17, 15) is 0 Å². The summed E-state index contributed by atoms with van der Waals surface area (Å²) >= 11 is -0.225. The van der Waals surface area contributed by atoms with E-state index in [-0.39, 0.29) is 53.2 Å². The summed E-state index contributed by atoms with van der Waals surface area (Å²) < 4.78 is 4.62. The van der Waals surface area contributed by atoms with Crippen molar-refractivity contribution in [2.75, 3.05) is 0 Å². The highest BCUT2D eigenvalue weighted by Crippen LogP contribution is 2.67. The highest BCUT2D eigenvalue weighted by atomic mass is 127. The summed E-state index contributed by atoms with van der Waals surface area (Å²) in [6.07, 6.45) is 1.12. The minimum absolute atomic E-state index is 0.0308. The Bertz CT molecular complexity index is 1270. The summed E-state index contributed by atoms with van der Waals surface area (Å²) in [4.78, 5) is 0. The zero-order valence-electron chi connectivity index (χ0n) is 27.8. The Morgan fingerprint density at radius 1 is 0.641 bits per heavy atom. The number of fused-ring (bicyclic) bond motifs is 2. The summed E-state index contributed by atoms with van der Waals surface area (Å²) in [5.41, 5.74) is 11.9. The molecule has 216 valence electrons. The van der Waals surface area contributed by atoms with E-state index in [2.05, 4.69) is 133 Å². The van der Waals surface area contributed by atoms with Crippen LogP contribution in [0.3, 0.4) is 0 Å². The van der Waals surface area contributed by atoms with E-state index < -0.39 is 5.56 Å². The van der Waals surface area contributed by atoms with E-state index in [4.69, 9.17) is 6.58 Å². The molecule has 2 atom stereocenters. The number of benzene rings is 2. The van der Waals surface area contributed by atoms with Crippen molar-refractivity contribution in [3.05, 3.63) is 75.4 Å². The van der Waals surface area contributed by atoms with Gasteiger partial charge in [-0.25, -0.2) is 0 Å². The highest BCUT2D eigenvalue weighted by Gasteiger charge is 2.40. The average Bonchev–Trinajstić information content (AvgIpc) is 2.72. The monoisotopic (exact) mass is 658 g/mol. The number of halogens is 1. The summed E-state index contributed by atoms with van der Waals surface area (Å²) in [5, 5.41) is 1.40. The fourth-order valence-electron chi connectivity index (χ4n) is 6.04. The van der Waals surface area contributed by atoms with Crippen molar-refractivity contribution in [1.29, 1.82) is 0 Å². The molecule has 3 rings (SSSR count). The average molecular weight is 659 g/mol. The molecule has 2 aromatic rings. The fourth-order valence-corrected chi connectivity index (χ4v) is 11.3. The van der Waals surface area contributed by atoms with Gasteiger partial charge in [-0.3, -0.25) is 0 Å². The zero-order valence-corrected chi connectivity index (χ0v) is 30.9. The van der Waals surface area contributed by atoms with E-state index in [1.165, 1.54) is 38.7 Å². The van der Waals surface area contributed by atoms with Gasteiger partial charge in [0.25, 0.3) is 0 Å². The molecular formula is C37H56IP. The van der Waals surface area contributed by atoms with Crippen LogP contribution in [0.15, 0.2) is 30.8 Å². The van der Waals surface area contributed by atoms with Crippen molar-refractivity contribution in [3.63, 3.8) is 0 Å². The van der Waals surface area contributed by atoms with Crippen LogP contribution < -0.4 is 0 Å². The van der Waals surface area contributed by atoms with Crippen LogP contribution in [0.25, 0.3) is 5.31 Å². The Morgan fingerprint density at radius 3 is 1.46 bits per heavy atom. The minimum atomic E-state index is -0.400. The molecule has 0 nitrogen and oxygen atoms in total. The predicted molar refractivity (Wildman–Crippen MR) is 190 cm³/mol. The zero-order chi connectivity index (χ0) is 30.1. The van der Waals surface area contributed by atoms with Crippen LogP contribution in [-0.2, 0) is 27.8 Å². The van der Waals surface area contributed by atoms with Crippen LogP contribution in [0.1, 0.15) is 154 Å². The molecule has 0 saturated carbocycles. The van der Waals surface area contributed by atoms with Gasteiger partial charge in [-0.1, -0.05) is 159 Å². The maximum Gasteiger partial charge on any atom is 0.0147 e. The van der Waals surface area contributed by atoms with Crippen molar-refractivity contribution >= 4 is 35.6 Å². The van der Waals surface area contributed by atoms with E-state index in [0.29, 0.717) is 0 Å². The second kappa shape index (κ2) is 10.5. The number of rotatable bonds is 1. The molecule has 39 heavy (non-hydrogen) atoms. The van der Waals surface area contributed by atoms with Gasteiger partial charge in [0.15, 0.2) is 0 Å². The second-order valence-electron chi connectivity index (χ2n) is 17.0. The number of hydrogen-bond donors (Lipinski definition) is 0. The van der Waals surface area contributed by atoms with Gasteiger partial charge in [-0.15, -0.1) is 0 Å². The van der Waals surface area contributed by atoms with Gasteiger partial charge in [0.05, 0.1) is 0 Å². The summed E-state index contributed by atoms with van der Waals surface area (Å²) in [5.74, 6) is 0.284. The Kier molecular flexibility index (Phi) is 8.80. The third-order valence-corrected chi connectivity index (χ3v) is 15.2. The lowest BCUT2D eigenvalue weighted by atomic mass is 9.65. The Balaban J connectivity index is 2.69. The van der Waals surface area contributed by atoms with Crippen molar-refractivity contribution in [1.82, 2.24) is 0 Å². The van der Waals surface area contributed by atoms with Gasteiger partial charge in [-0.05, 0) is 82.5 Å². The first-order valence-corrected chi connectivity index (χ1v) is 20.4. The van der Waals surface area contributed by atoms with Crippen molar-refractivity contribution in [3.8, 4) is 0 Å². The number of hydrogen-bond acceptors (Lipinski definition) is 0. The molecule has 0 spiro atoms. The van der Waals surface area contributed by atoms with Crippen LogP contribution in [0, 0.1) is 5.41 Å². The molecule has 1 heterocycles. The molecule has 2 aromatic carbocycles. The molecule has 0 fully saturated rings. The molecule has 0 amide bonds. The molecule has 1 aliphatic heterocycles. The van der Waals surface area contributed by atoms with Gasteiger partial charge in [0, 0.05) is 12.1 Å². The first-order chi connectivity index (χ1) is 17.4. The topological polar surface area (TPSA) is 0 Å². The Morgan fingerprint density at radius 2 is 1.08 bits per heavy atom. The molecule has 0 saturated heterocycles. The van der Waals surface area contributed by atoms with Crippen molar-refractivity contribution in [2.24, 2.45) is 5.41 Å². The SMILES string of the molecule is C=IP1Cc2c(cc(C(C)(C)C)cc2C(C)(C)C)C(C(C)(C)C)c2cc(C(C)(C)C)cc(C(C)(C)C)c2C1=C. The van der Waals surface area contributed by atoms with Crippen LogP contribution >= 0.6 is 25.7 Å². The van der Waals surface area contributed by atoms with E-state index in [1.807, 2.05) is 0 Å². The molecule has 0 aliphatic carbocycles. The lowest BCUT2D eigenvalue weighted by Crippen LogP contribution is -2.29. The van der Waals surface area contributed by atoms with Crippen LogP contribution in [0.2, 0.25) is 0 Å². The lowest BCUT2D eigenvalue weighted by molar-refractivity contribution is 0.354.